The molecule has 2 N–H and O–H groups in total. The maximum absolute atomic E-state index is 13.5. The number of hydrogen-bond donors (Lipinski definition) is 2. The van der Waals surface area contributed by atoms with Crippen LogP contribution in [0.25, 0.3) is 0 Å². The Morgan fingerprint density at radius 2 is 1.64 bits per heavy atom. The first-order valence-corrected chi connectivity index (χ1v) is 15.1. The zero-order valence-electron chi connectivity index (χ0n) is 24.9. The first kappa shape index (κ1) is 31.9. The van der Waals surface area contributed by atoms with Crippen LogP contribution in [0.2, 0.25) is 0 Å². The van der Waals surface area contributed by atoms with Gasteiger partial charge in [0.1, 0.15) is 6.61 Å². The van der Waals surface area contributed by atoms with Gasteiger partial charge in [0.25, 0.3) is 0 Å². The number of anilines is 2. The minimum atomic E-state index is -4.58. The Bertz CT molecular complexity index is 1510. The van der Waals surface area contributed by atoms with Gasteiger partial charge in [-0.15, -0.1) is 0 Å². The Labute approximate surface area is 259 Å². The Kier molecular flexibility index (Phi) is 9.65. The second kappa shape index (κ2) is 13.6. The number of benzene rings is 3. The van der Waals surface area contributed by atoms with Crippen LogP contribution in [0.3, 0.4) is 0 Å². The normalized spacial score (nSPS) is 18.8. The van der Waals surface area contributed by atoms with Crippen LogP contribution in [0.4, 0.5) is 34.1 Å². The Balaban J connectivity index is 1.39. The van der Waals surface area contributed by atoms with E-state index < -0.39 is 41.8 Å². The van der Waals surface area contributed by atoms with Crippen LogP contribution in [0, 0.1) is 12.8 Å². The third kappa shape index (κ3) is 7.41. The smallest absolute Gasteiger partial charge is 0.416 e. The number of alkyl halides is 3. The molecule has 0 aromatic heterocycles. The van der Waals surface area contributed by atoms with E-state index in [0.29, 0.717) is 24.1 Å². The Morgan fingerprint density at radius 1 is 0.956 bits per heavy atom. The van der Waals surface area contributed by atoms with Crippen LogP contribution in [0.15, 0.2) is 72.8 Å². The summed E-state index contributed by atoms with van der Waals surface area (Å²) in [4.78, 5) is 42.0. The van der Waals surface area contributed by atoms with Gasteiger partial charge >= 0.3 is 18.4 Å². The first-order valence-electron chi connectivity index (χ1n) is 15.1. The zero-order chi connectivity index (χ0) is 32.1. The number of ether oxygens (including phenoxy) is 1. The number of amides is 3. The summed E-state index contributed by atoms with van der Waals surface area (Å²) in [5.41, 5.74) is 1.18. The van der Waals surface area contributed by atoms with Crippen molar-refractivity contribution in [3.8, 4) is 0 Å². The van der Waals surface area contributed by atoms with Crippen molar-refractivity contribution in [1.29, 1.82) is 0 Å². The van der Waals surface area contributed by atoms with Gasteiger partial charge in [0.2, 0.25) is 5.91 Å². The average molecular weight is 624 g/mol. The molecule has 3 aromatic rings. The van der Waals surface area contributed by atoms with E-state index in [1.807, 2.05) is 30.3 Å². The highest BCUT2D eigenvalue weighted by molar-refractivity contribution is 5.94. The van der Waals surface area contributed by atoms with Gasteiger partial charge in [-0.3, -0.25) is 9.69 Å². The van der Waals surface area contributed by atoms with Crippen molar-refractivity contribution in [3.63, 3.8) is 0 Å². The quantitative estimate of drug-likeness (QED) is 0.277. The maximum atomic E-state index is 13.5. The average Bonchev–Trinajstić information content (AvgIpc) is 3.55. The summed E-state index contributed by atoms with van der Waals surface area (Å²) in [5.74, 6) is -1.41. The fourth-order valence-electron chi connectivity index (χ4n) is 6.39. The Hall–Kier alpha value is -4.54. The van der Waals surface area contributed by atoms with E-state index in [4.69, 9.17) is 4.74 Å². The lowest BCUT2D eigenvalue weighted by Crippen LogP contribution is -2.46. The fraction of sp³-hybridized carbons (Fsp3) is 0.382. The third-order valence-corrected chi connectivity index (χ3v) is 8.63. The molecule has 1 saturated heterocycles. The summed E-state index contributed by atoms with van der Waals surface area (Å²) in [6, 6.07) is 18.9. The largest absolute Gasteiger partial charge is 0.465 e. The second-order valence-electron chi connectivity index (χ2n) is 11.6. The molecule has 2 aliphatic rings. The first-order chi connectivity index (χ1) is 21.5. The molecule has 0 spiro atoms. The van der Waals surface area contributed by atoms with Crippen molar-refractivity contribution in [2.75, 3.05) is 16.8 Å². The molecule has 3 amide bonds. The van der Waals surface area contributed by atoms with Gasteiger partial charge in [-0.05, 0) is 73.6 Å². The number of likely N-dealkylation sites (tertiary alicyclic amines) is 1. The van der Waals surface area contributed by atoms with Crippen LogP contribution in [-0.2, 0) is 22.3 Å². The number of rotatable bonds is 7. The minimum absolute atomic E-state index is 0.0132. The SMILES string of the molecule is Cc1ccc(NC(=O)[C@H]2CCCN(C(=O)O)[C@H]2c2ccc(N(C(=O)OCc3ccccc3)C3CCCC3)cc2)cc1C(F)(F)F. The molecule has 5 rings (SSSR count). The summed E-state index contributed by atoms with van der Waals surface area (Å²) < 4.78 is 46.1. The van der Waals surface area contributed by atoms with Crippen molar-refractivity contribution in [3.05, 3.63) is 95.1 Å². The van der Waals surface area contributed by atoms with Gasteiger partial charge in [-0.25, -0.2) is 9.59 Å². The molecule has 2 fully saturated rings. The molecule has 3 aromatic carbocycles. The van der Waals surface area contributed by atoms with E-state index in [2.05, 4.69) is 5.32 Å². The van der Waals surface area contributed by atoms with Crippen LogP contribution < -0.4 is 10.2 Å². The predicted octanol–water partition coefficient (Wildman–Crippen LogP) is 8.17. The van der Waals surface area contributed by atoms with E-state index in [0.717, 1.165) is 37.3 Å². The summed E-state index contributed by atoms with van der Waals surface area (Å²) in [7, 11) is 0. The summed E-state index contributed by atoms with van der Waals surface area (Å²) in [6.45, 7) is 1.67. The molecule has 2 atom stereocenters. The molecule has 238 valence electrons. The number of nitrogens with one attached hydrogen (secondary N) is 1. The molecule has 45 heavy (non-hydrogen) atoms. The Morgan fingerprint density at radius 3 is 2.29 bits per heavy atom. The zero-order valence-corrected chi connectivity index (χ0v) is 24.9. The van der Waals surface area contributed by atoms with Gasteiger partial charge < -0.3 is 20.1 Å². The van der Waals surface area contributed by atoms with Crippen molar-refractivity contribution < 1.29 is 37.4 Å². The molecular weight excluding hydrogens is 587 g/mol. The summed E-state index contributed by atoms with van der Waals surface area (Å²) in [5, 5.41) is 12.6. The number of nitrogens with zero attached hydrogens (tertiary/aromatic N) is 2. The lowest BCUT2D eigenvalue weighted by atomic mass is 9.84. The number of hydrogen-bond acceptors (Lipinski definition) is 4. The van der Waals surface area contributed by atoms with E-state index in [9.17, 15) is 32.7 Å². The van der Waals surface area contributed by atoms with Gasteiger partial charge in [-0.1, -0.05) is 61.4 Å². The van der Waals surface area contributed by atoms with Crippen LogP contribution in [-0.4, -0.2) is 40.7 Å². The molecule has 11 heteroatoms. The van der Waals surface area contributed by atoms with Gasteiger partial charge in [-0.2, -0.15) is 13.2 Å². The van der Waals surface area contributed by atoms with Crippen LogP contribution in [0.5, 0.6) is 0 Å². The standard InChI is InChI=1S/C34H36F3N3O5/c1-22-13-16-25(20-29(22)34(35,36)37)38-31(41)28-12-7-19-39(32(42)43)30(28)24-14-17-27(18-15-24)40(26-10-5-6-11-26)33(44)45-21-23-8-3-2-4-9-23/h2-4,8-9,13-18,20,26,28,30H,5-7,10-12,19,21H2,1H3,(H,38,41)(H,42,43)/t28-,30-/m0/s1. The van der Waals surface area contributed by atoms with Crippen molar-refractivity contribution in [2.24, 2.45) is 5.92 Å². The molecule has 0 unspecified atom stereocenters. The van der Waals surface area contributed by atoms with Crippen molar-refractivity contribution in [2.45, 2.75) is 70.3 Å². The lowest BCUT2D eigenvalue weighted by Gasteiger charge is -2.39. The summed E-state index contributed by atoms with van der Waals surface area (Å²) in [6.07, 6.45) is -1.86. The molecule has 1 saturated carbocycles. The predicted molar refractivity (Wildman–Crippen MR) is 163 cm³/mol. The maximum Gasteiger partial charge on any atom is 0.416 e. The topological polar surface area (TPSA) is 99.2 Å². The second-order valence-corrected chi connectivity index (χ2v) is 11.6. The molecule has 1 aliphatic heterocycles. The third-order valence-electron chi connectivity index (χ3n) is 8.63. The van der Waals surface area contributed by atoms with Gasteiger partial charge in [0.15, 0.2) is 0 Å². The molecule has 0 bridgehead atoms. The van der Waals surface area contributed by atoms with E-state index in [1.54, 1.807) is 29.2 Å². The lowest BCUT2D eigenvalue weighted by molar-refractivity contribution is -0.138. The monoisotopic (exact) mass is 623 g/mol. The van der Waals surface area contributed by atoms with Crippen LogP contribution in [0.1, 0.15) is 66.8 Å². The number of piperidine rings is 1. The molecule has 1 heterocycles. The molecule has 0 radical (unpaired) electrons. The van der Waals surface area contributed by atoms with Gasteiger partial charge in [0, 0.05) is 24.0 Å². The van der Waals surface area contributed by atoms with Crippen molar-refractivity contribution in [1.82, 2.24) is 4.90 Å². The highest BCUT2D eigenvalue weighted by Gasteiger charge is 2.40. The molecular formula is C34H36F3N3O5. The minimum Gasteiger partial charge on any atom is -0.465 e. The fourth-order valence-corrected chi connectivity index (χ4v) is 6.39. The number of carbonyl (C=O) groups excluding carboxylic acids is 2. The summed E-state index contributed by atoms with van der Waals surface area (Å²) >= 11 is 0. The number of halogens is 3. The molecule has 1 aliphatic carbocycles. The van der Waals surface area contributed by atoms with Gasteiger partial charge in [0.05, 0.1) is 17.5 Å². The van der Waals surface area contributed by atoms with Crippen LogP contribution >= 0.6 is 0 Å². The highest BCUT2D eigenvalue weighted by atomic mass is 19.4. The number of carboxylic acid groups (broad SMARTS) is 1. The molecule has 8 nitrogen and oxygen atoms in total. The van der Waals surface area contributed by atoms with Crippen molar-refractivity contribution >= 4 is 29.5 Å². The van der Waals surface area contributed by atoms with E-state index in [1.165, 1.54) is 24.0 Å². The highest BCUT2D eigenvalue weighted by Crippen LogP contribution is 2.39. The number of aryl methyl sites for hydroxylation is 1. The van der Waals surface area contributed by atoms with E-state index in [-0.39, 0.29) is 30.4 Å². The number of carbonyl (C=O) groups is 3. The van der Waals surface area contributed by atoms with E-state index >= 15 is 0 Å².